The highest BCUT2D eigenvalue weighted by molar-refractivity contribution is 5.78. The Bertz CT molecular complexity index is 297. The van der Waals surface area contributed by atoms with Gasteiger partial charge in [-0.05, 0) is 32.6 Å². The molecule has 0 spiro atoms. The molecule has 110 valence electrons. The van der Waals surface area contributed by atoms with Crippen LogP contribution < -0.4 is 5.32 Å². The minimum atomic E-state index is -0.269. The lowest BCUT2D eigenvalue weighted by molar-refractivity contribution is -0.123. The second-order valence-electron chi connectivity index (χ2n) is 6.12. The van der Waals surface area contributed by atoms with Crippen LogP contribution in [0.1, 0.15) is 26.7 Å². The zero-order valence-corrected chi connectivity index (χ0v) is 12.1. The zero-order valence-electron chi connectivity index (χ0n) is 12.1. The highest BCUT2D eigenvalue weighted by Gasteiger charge is 2.29. The van der Waals surface area contributed by atoms with Gasteiger partial charge in [-0.3, -0.25) is 14.6 Å². The molecule has 5 heteroatoms. The molecular formula is C14H27N3O2. The van der Waals surface area contributed by atoms with Gasteiger partial charge in [-0.1, -0.05) is 0 Å². The number of carbonyl (C=O) groups is 1. The average Bonchev–Trinajstić information content (AvgIpc) is 3.14. The third-order valence-electron chi connectivity index (χ3n) is 4.07. The van der Waals surface area contributed by atoms with Crippen molar-refractivity contribution in [2.45, 2.75) is 38.8 Å². The summed E-state index contributed by atoms with van der Waals surface area (Å²) in [6.07, 6.45) is 2.26. The van der Waals surface area contributed by atoms with Crippen LogP contribution in [0, 0.1) is 5.92 Å². The highest BCUT2D eigenvalue weighted by atomic mass is 16.3. The van der Waals surface area contributed by atoms with Gasteiger partial charge in [0.1, 0.15) is 0 Å². The normalized spacial score (nSPS) is 25.0. The lowest BCUT2D eigenvalue weighted by Crippen LogP contribution is -2.51. The van der Waals surface area contributed by atoms with Crippen molar-refractivity contribution in [1.29, 1.82) is 0 Å². The zero-order chi connectivity index (χ0) is 13.8. The summed E-state index contributed by atoms with van der Waals surface area (Å²) in [5, 5.41) is 12.5. The second-order valence-corrected chi connectivity index (χ2v) is 6.12. The maximum absolute atomic E-state index is 11.9. The van der Waals surface area contributed by atoms with Gasteiger partial charge in [0.25, 0.3) is 0 Å². The third kappa shape index (κ3) is 5.09. The lowest BCUT2D eigenvalue weighted by atomic mass is 10.2. The smallest absolute Gasteiger partial charge is 0.234 e. The maximum atomic E-state index is 11.9. The van der Waals surface area contributed by atoms with E-state index in [1.165, 1.54) is 12.8 Å². The van der Waals surface area contributed by atoms with Crippen LogP contribution in [-0.4, -0.2) is 72.2 Å². The summed E-state index contributed by atoms with van der Waals surface area (Å²) in [5.74, 6) is 0.871. The summed E-state index contributed by atoms with van der Waals surface area (Å²) in [6, 6.07) is 0.337. The van der Waals surface area contributed by atoms with E-state index in [4.69, 9.17) is 0 Å². The van der Waals surface area contributed by atoms with Gasteiger partial charge in [0, 0.05) is 38.8 Å². The van der Waals surface area contributed by atoms with E-state index in [1.54, 1.807) is 0 Å². The van der Waals surface area contributed by atoms with E-state index < -0.39 is 0 Å². The van der Waals surface area contributed by atoms with Gasteiger partial charge in [-0.25, -0.2) is 0 Å². The standard InChI is InChI=1S/C14H27N3O2/c1-11(18)9-16-5-7-17(8-6-16)10-14(19)15-12(2)13-3-4-13/h11-13,18H,3-10H2,1-2H3,(H,15,19). The summed E-state index contributed by atoms with van der Waals surface area (Å²) < 4.78 is 0. The molecular weight excluding hydrogens is 242 g/mol. The van der Waals surface area contributed by atoms with E-state index in [1.807, 2.05) is 6.92 Å². The van der Waals surface area contributed by atoms with E-state index in [0.717, 1.165) is 32.7 Å². The van der Waals surface area contributed by atoms with Crippen molar-refractivity contribution in [3.05, 3.63) is 0 Å². The number of carbonyl (C=O) groups excluding carboxylic acids is 1. The number of rotatable bonds is 6. The fourth-order valence-corrected chi connectivity index (χ4v) is 2.72. The van der Waals surface area contributed by atoms with E-state index in [0.29, 0.717) is 18.5 Å². The van der Waals surface area contributed by atoms with Crippen LogP contribution in [0.15, 0.2) is 0 Å². The fraction of sp³-hybridized carbons (Fsp3) is 0.929. The molecule has 0 aromatic heterocycles. The van der Waals surface area contributed by atoms with Gasteiger partial charge >= 0.3 is 0 Å². The first-order chi connectivity index (χ1) is 9.04. The summed E-state index contributed by atoms with van der Waals surface area (Å²) in [5.41, 5.74) is 0. The minimum Gasteiger partial charge on any atom is -0.392 e. The predicted octanol–water partition coefficient (Wildman–Crippen LogP) is -0.100. The molecule has 2 fully saturated rings. The molecule has 2 rings (SSSR count). The van der Waals surface area contributed by atoms with Gasteiger partial charge in [0.15, 0.2) is 0 Å². The Morgan fingerprint density at radius 1 is 1.21 bits per heavy atom. The Balaban J connectivity index is 1.63. The second kappa shape index (κ2) is 6.68. The van der Waals surface area contributed by atoms with Crippen LogP contribution >= 0.6 is 0 Å². The van der Waals surface area contributed by atoms with Crippen LogP contribution in [0.4, 0.5) is 0 Å². The topological polar surface area (TPSA) is 55.8 Å². The largest absolute Gasteiger partial charge is 0.392 e. The Kier molecular flexibility index (Phi) is 5.19. The van der Waals surface area contributed by atoms with Crippen molar-refractivity contribution < 1.29 is 9.90 Å². The number of piperazine rings is 1. The summed E-state index contributed by atoms with van der Waals surface area (Å²) >= 11 is 0. The Morgan fingerprint density at radius 2 is 1.79 bits per heavy atom. The molecule has 1 heterocycles. The van der Waals surface area contributed by atoms with Gasteiger partial charge in [0.05, 0.1) is 12.6 Å². The molecule has 1 aliphatic heterocycles. The van der Waals surface area contributed by atoms with E-state index in [2.05, 4.69) is 22.0 Å². The number of amides is 1. The number of β-amino-alcohol motifs (C(OH)–C–C–N with tert-alkyl or cyclic N) is 1. The number of nitrogens with one attached hydrogen (secondary N) is 1. The third-order valence-corrected chi connectivity index (χ3v) is 4.07. The molecule has 2 N–H and O–H groups in total. The van der Waals surface area contributed by atoms with Crippen molar-refractivity contribution in [2.75, 3.05) is 39.3 Å². The molecule has 1 amide bonds. The molecule has 2 atom stereocenters. The molecule has 5 nitrogen and oxygen atoms in total. The number of hydrogen-bond donors (Lipinski definition) is 2. The lowest BCUT2D eigenvalue weighted by Gasteiger charge is -2.35. The summed E-state index contributed by atoms with van der Waals surface area (Å²) in [6.45, 7) is 8.89. The Labute approximate surface area is 115 Å². The van der Waals surface area contributed by atoms with Crippen LogP contribution in [0.25, 0.3) is 0 Å². The maximum Gasteiger partial charge on any atom is 0.234 e. The van der Waals surface area contributed by atoms with Crippen molar-refractivity contribution in [3.63, 3.8) is 0 Å². The molecule has 0 bridgehead atoms. The van der Waals surface area contributed by atoms with Crippen molar-refractivity contribution >= 4 is 5.91 Å². The molecule has 0 radical (unpaired) electrons. The van der Waals surface area contributed by atoms with Crippen molar-refractivity contribution in [1.82, 2.24) is 15.1 Å². The number of aliphatic hydroxyl groups is 1. The molecule has 2 unspecified atom stereocenters. The van der Waals surface area contributed by atoms with Crippen LogP contribution in [0.3, 0.4) is 0 Å². The molecule has 1 aliphatic carbocycles. The monoisotopic (exact) mass is 269 g/mol. The molecule has 1 saturated carbocycles. The fourth-order valence-electron chi connectivity index (χ4n) is 2.72. The molecule has 0 aromatic carbocycles. The molecule has 1 saturated heterocycles. The first kappa shape index (κ1) is 14.8. The number of hydrogen-bond acceptors (Lipinski definition) is 4. The first-order valence-corrected chi connectivity index (χ1v) is 7.46. The van der Waals surface area contributed by atoms with Gasteiger partial charge in [-0.15, -0.1) is 0 Å². The quantitative estimate of drug-likeness (QED) is 0.707. The molecule has 19 heavy (non-hydrogen) atoms. The van der Waals surface area contributed by atoms with E-state index in [9.17, 15) is 9.90 Å². The average molecular weight is 269 g/mol. The van der Waals surface area contributed by atoms with Gasteiger partial charge in [-0.2, -0.15) is 0 Å². The van der Waals surface area contributed by atoms with E-state index >= 15 is 0 Å². The van der Waals surface area contributed by atoms with Gasteiger partial charge < -0.3 is 10.4 Å². The minimum absolute atomic E-state index is 0.156. The predicted molar refractivity (Wildman–Crippen MR) is 74.9 cm³/mol. The van der Waals surface area contributed by atoms with Crippen LogP contribution in [-0.2, 0) is 4.79 Å². The number of aliphatic hydroxyl groups excluding tert-OH is 1. The van der Waals surface area contributed by atoms with Crippen LogP contribution in [0.5, 0.6) is 0 Å². The summed E-state index contributed by atoms with van der Waals surface area (Å²) in [4.78, 5) is 16.4. The molecule has 2 aliphatic rings. The highest BCUT2D eigenvalue weighted by Crippen LogP contribution is 2.32. The molecule has 0 aromatic rings. The van der Waals surface area contributed by atoms with Gasteiger partial charge in [0.2, 0.25) is 5.91 Å². The van der Waals surface area contributed by atoms with Crippen molar-refractivity contribution in [3.8, 4) is 0 Å². The first-order valence-electron chi connectivity index (χ1n) is 7.46. The van der Waals surface area contributed by atoms with Crippen molar-refractivity contribution in [2.24, 2.45) is 5.92 Å². The Morgan fingerprint density at radius 3 is 2.32 bits per heavy atom. The SMILES string of the molecule is CC(O)CN1CCN(CC(=O)NC(C)C2CC2)CC1. The summed E-state index contributed by atoms with van der Waals surface area (Å²) in [7, 11) is 0. The number of nitrogens with zero attached hydrogens (tertiary/aromatic N) is 2. The van der Waals surface area contributed by atoms with E-state index in [-0.39, 0.29) is 12.0 Å². The Hall–Kier alpha value is -0.650. The van der Waals surface area contributed by atoms with Crippen LogP contribution in [0.2, 0.25) is 0 Å².